The third kappa shape index (κ3) is 4.51. The van der Waals surface area contributed by atoms with Gasteiger partial charge in [-0.3, -0.25) is 9.48 Å². The quantitative estimate of drug-likeness (QED) is 0.681. The highest BCUT2D eigenvalue weighted by Crippen LogP contribution is 2.24. The summed E-state index contributed by atoms with van der Waals surface area (Å²) in [5, 5.41) is 20.9. The molecular weight excluding hydrogens is 378 g/mol. The summed E-state index contributed by atoms with van der Waals surface area (Å²) in [5.74, 6) is -0.239. The summed E-state index contributed by atoms with van der Waals surface area (Å²) in [6.45, 7) is 1.86. The van der Waals surface area contributed by atoms with Gasteiger partial charge >= 0.3 is 0 Å². The summed E-state index contributed by atoms with van der Waals surface area (Å²) in [7, 11) is 1.93. The number of aryl methyl sites for hydroxylation is 1. The Balaban J connectivity index is 1.41. The monoisotopic (exact) mass is 403 g/mol. The summed E-state index contributed by atoms with van der Waals surface area (Å²) in [5.41, 5.74) is 4.28. The zero-order valence-electron chi connectivity index (χ0n) is 17.0. The van der Waals surface area contributed by atoms with Crippen molar-refractivity contribution in [2.45, 2.75) is 25.0 Å². The normalized spacial score (nSPS) is 17.8. The van der Waals surface area contributed by atoms with Gasteiger partial charge in [-0.1, -0.05) is 36.4 Å². The smallest absolute Gasteiger partial charge is 0.251 e. The average molecular weight is 403 g/mol. The summed E-state index contributed by atoms with van der Waals surface area (Å²) in [4.78, 5) is 12.4. The van der Waals surface area contributed by atoms with Crippen LogP contribution in [0.15, 0.2) is 48.7 Å². The van der Waals surface area contributed by atoms with Gasteiger partial charge in [0, 0.05) is 32.0 Å². The Hall–Kier alpha value is -3.21. The van der Waals surface area contributed by atoms with E-state index in [1.807, 2.05) is 42.2 Å². The van der Waals surface area contributed by atoms with Gasteiger partial charge in [0.05, 0.1) is 17.8 Å². The number of amides is 1. The van der Waals surface area contributed by atoms with Crippen LogP contribution in [0.3, 0.4) is 0 Å². The van der Waals surface area contributed by atoms with Gasteiger partial charge < -0.3 is 15.4 Å². The van der Waals surface area contributed by atoms with Crippen LogP contribution in [0, 0.1) is 11.3 Å². The van der Waals surface area contributed by atoms with E-state index in [1.165, 1.54) is 0 Å². The SMILES string of the molecule is Cn1ncc2ccc(-c3ccc(C[C@@H](C#N)NC(=O)[C@@H]4CNCCCO4)cc3)cc21. The minimum atomic E-state index is -0.596. The van der Waals surface area contributed by atoms with E-state index in [0.29, 0.717) is 19.6 Å². The Morgan fingerprint density at radius 1 is 1.33 bits per heavy atom. The fourth-order valence-electron chi connectivity index (χ4n) is 3.67. The second-order valence-corrected chi connectivity index (χ2v) is 7.55. The molecule has 1 aliphatic rings. The number of nitrogens with zero attached hydrogens (tertiary/aromatic N) is 3. The Morgan fingerprint density at radius 3 is 2.93 bits per heavy atom. The molecule has 2 heterocycles. The van der Waals surface area contributed by atoms with E-state index in [1.54, 1.807) is 0 Å². The van der Waals surface area contributed by atoms with Gasteiger partial charge in [-0.05, 0) is 35.7 Å². The van der Waals surface area contributed by atoms with Crippen LogP contribution in [-0.4, -0.2) is 47.5 Å². The minimum Gasteiger partial charge on any atom is -0.367 e. The predicted octanol–water partition coefficient (Wildman–Crippen LogP) is 2.17. The van der Waals surface area contributed by atoms with Gasteiger partial charge in [0.1, 0.15) is 12.1 Å². The lowest BCUT2D eigenvalue weighted by atomic mass is 10.00. The minimum absolute atomic E-state index is 0.239. The molecule has 1 fully saturated rings. The van der Waals surface area contributed by atoms with Crippen LogP contribution in [-0.2, 0) is 23.0 Å². The summed E-state index contributed by atoms with van der Waals surface area (Å²) >= 11 is 0. The molecule has 2 N–H and O–H groups in total. The molecule has 2 aromatic carbocycles. The molecule has 1 saturated heterocycles. The molecule has 0 spiro atoms. The molecule has 7 heteroatoms. The highest BCUT2D eigenvalue weighted by Gasteiger charge is 2.23. The maximum atomic E-state index is 12.4. The molecule has 7 nitrogen and oxygen atoms in total. The lowest BCUT2D eigenvalue weighted by Gasteiger charge is -2.18. The fourth-order valence-corrected chi connectivity index (χ4v) is 3.67. The molecule has 30 heavy (non-hydrogen) atoms. The molecule has 0 unspecified atom stereocenters. The number of carbonyl (C=O) groups excluding carboxylic acids is 1. The Labute approximate surface area is 175 Å². The molecule has 0 aliphatic carbocycles. The van der Waals surface area contributed by atoms with Gasteiger partial charge in [-0.15, -0.1) is 0 Å². The first-order valence-electron chi connectivity index (χ1n) is 10.2. The van der Waals surface area contributed by atoms with Crippen LogP contribution >= 0.6 is 0 Å². The van der Waals surface area contributed by atoms with Crippen LogP contribution in [0.25, 0.3) is 22.0 Å². The van der Waals surface area contributed by atoms with Crippen molar-refractivity contribution in [3.63, 3.8) is 0 Å². The van der Waals surface area contributed by atoms with Crippen LogP contribution < -0.4 is 10.6 Å². The number of nitriles is 1. The van der Waals surface area contributed by atoms with E-state index >= 15 is 0 Å². The summed E-state index contributed by atoms with van der Waals surface area (Å²) in [6.07, 6.45) is 2.64. The highest BCUT2D eigenvalue weighted by molar-refractivity contribution is 5.84. The molecular formula is C23H25N5O2. The zero-order valence-corrected chi connectivity index (χ0v) is 17.0. The summed E-state index contributed by atoms with van der Waals surface area (Å²) in [6, 6.07) is 16.0. The maximum absolute atomic E-state index is 12.4. The molecule has 154 valence electrons. The van der Waals surface area contributed by atoms with Crippen molar-refractivity contribution in [3.8, 4) is 17.2 Å². The molecule has 0 bridgehead atoms. The van der Waals surface area contributed by atoms with Gasteiger partial charge in [0.15, 0.2) is 0 Å². The van der Waals surface area contributed by atoms with Crippen LogP contribution in [0.5, 0.6) is 0 Å². The van der Waals surface area contributed by atoms with Gasteiger partial charge in [0.25, 0.3) is 5.91 Å². The molecule has 0 saturated carbocycles. The third-order valence-electron chi connectivity index (χ3n) is 5.39. The van der Waals surface area contributed by atoms with E-state index in [0.717, 1.165) is 40.6 Å². The van der Waals surface area contributed by atoms with E-state index < -0.39 is 12.1 Å². The molecule has 1 aromatic heterocycles. The number of hydrogen-bond donors (Lipinski definition) is 2. The number of nitrogens with one attached hydrogen (secondary N) is 2. The molecule has 2 atom stereocenters. The Bertz CT molecular complexity index is 1060. The number of aromatic nitrogens is 2. The van der Waals surface area contributed by atoms with E-state index in [-0.39, 0.29) is 5.91 Å². The van der Waals surface area contributed by atoms with E-state index in [9.17, 15) is 10.1 Å². The standard InChI is InChI=1S/C23H25N5O2/c1-28-21-12-18(7-8-19(21)14-26-28)17-5-3-16(4-6-17)11-20(13-24)27-23(29)22-15-25-9-2-10-30-22/h3-8,12,14,20,22,25H,2,9-11,15H2,1H3,(H,27,29)/t20-,22-/m0/s1. The zero-order chi connectivity index (χ0) is 20.9. The Morgan fingerprint density at radius 2 is 2.13 bits per heavy atom. The predicted molar refractivity (Wildman–Crippen MR) is 115 cm³/mol. The lowest BCUT2D eigenvalue weighted by molar-refractivity contribution is -0.132. The van der Waals surface area contributed by atoms with Crippen LogP contribution in [0.2, 0.25) is 0 Å². The molecule has 1 aliphatic heterocycles. The molecule has 0 radical (unpaired) electrons. The van der Waals surface area contributed by atoms with Gasteiger partial charge in [-0.2, -0.15) is 10.4 Å². The Kier molecular flexibility index (Phi) is 6.07. The van der Waals surface area contributed by atoms with Gasteiger partial charge in [0.2, 0.25) is 0 Å². The van der Waals surface area contributed by atoms with Crippen molar-refractivity contribution in [2.75, 3.05) is 19.7 Å². The number of ether oxygens (including phenoxy) is 1. The molecule has 3 aromatic rings. The van der Waals surface area contributed by atoms with Crippen molar-refractivity contribution in [1.29, 1.82) is 5.26 Å². The van der Waals surface area contributed by atoms with Crippen molar-refractivity contribution in [1.82, 2.24) is 20.4 Å². The van der Waals surface area contributed by atoms with Crippen LogP contribution in [0.1, 0.15) is 12.0 Å². The van der Waals surface area contributed by atoms with E-state index in [4.69, 9.17) is 4.74 Å². The number of carbonyl (C=O) groups is 1. The van der Waals surface area contributed by atoms with Crippen molar-refractivity contribution >= 4 is 16.8 Å². The van der Waals surface area contributed by atoms with Crippen molar-refractivity contribution in [2.24, 2.45) is 7.05 Å². The highest BCUT2D eigenvalue weighted by atomic mass is 16.5. The maximum Gasteiger partial charge on any atom is 0.251 e. The topological polar surface area (TPSA) is 92.0 Å². The number of rotatable bonds is 5. The first-order valence-corrected chi connectivity index (χ1v) is 10.2. The molecule has 4 rings (SSSR count). The number of hydrogen-bond acceptors (Lipinski definition) is 5. The van der Waals surface area contributed by atoms with E-state index in [2.05, 4.69) is 40.0 Å². The number of fused-ring (bicyclic) bond motifs is 1. The van der Waals surface area contributed by atoms with Gasteiger partial charge in [-0.25, -0.2) is 0 Å². The lowest BCUT2D eigenvalue weighted by Crippen LogP contribution is -2.46. The second kappa shape index (κ2) is 9.08. The van der Waals surface area contributed by atoms with Crippen molar-refractivity contribution in [3.05, 3.63) is 54.2 Å². The largest absolute Gasteiger partial charge is 0.367 e. The molecule has 1 amide bonds. The first-order chi connectivity index (χ1) is 14.6. The second-order valence-electron chi connectivity index (χ2n) is 7.55. The first kappa shape index (κ1) is 20.1. The number of benzene rings is 2. The van der Waals surface area contributed by atoms with Crippen molar-refractivity contribution < 1.29 is 9.53 Å². The summed E-state index contributed by atoms with van der Waals surface area (Å²) < 4.78 is 7.43. The van der Waals surface area contributed by atoms with Crippen LogP contribution in [0.4, 0.5) is 0 Å². The third-order valence-corrected chi connectivity index (χ3v) is 5.39. The average Bonchev–Trinajstić information content (AvgIpc) is 2.96. The fraction of sp³-hybridized carbons (Fsp3) is 0.348.